The Labute approximate surface area is 217 Å². The minimum Gasteiger partial charge on any atom is -0.466 e. The van der Waals surface area contributed by atoms with Crippen molar-refractivity contribution in [3.63, 3.8) is 0 Å². The van der Waals surface area contributed by atoms with Gasteiger partial charge in [-0.25, -0.2) is 0 Å². The van der Waals surface area contributed by atoms with Crippen LogP contribution in [0.5, 0.6) is 0 Å². The van der Waals surface area contributed by atoms with Crippen LogP contribution in [0.3, 0.4) is 0 Å². The lowest BCUT2D eigenvalue weighted by atomic mass is 9.62. The van der Waals surface area contributed by atoms with Crippen LogP contribution in [0.1, 0.15) is 58.4 Å². The monoisotopic (exact) mass is 520 g/mol. The first-order valence-electron chi connectivity index (χ1n) is 13.0. The second kappa shape index (κ2) is 10.3. The Morgan fingerprint density at radius 3 is 2.67 bits per heavy atom. The molecule has 3 saturated heterocycles. The summed E-state index contributed by atoms with van der Waals surface area (Å²) in [6.07, 6.45) is 3.52. The molecule has 1 spiro atoms. The fraction of sp³-hybridized carbons (Fsp3) is 0.667. The van der Waals surface area contributed by atoms with Crippen molar-refractivity contribution in [3.8, 4) is 0 Å². The van der Waals surface area contributed by atoms with E-state index in [2.05, 4.69) is 5.32 Å². The molecule has 3 unspecified atom stereocenters. The van der Waals surface area contributed by atoms with Crippen LogP contribution in [0.4, 0.5) is 5.69 Å². The van der Waals surface area contributed by atoms with Crippen LogP contribution in [0.15, 0.2) is 18.2 Å². The first-order chi connectivity index (χ1) is 17.1. The summed E-state index contributed by atoms with van der Waals surface area (Å²) in [5.74, 6) is -2.64. The van der Waals surface area contributed by atoms with E-state index >= 15 is 0 Å². The number of carbonyl (C=O) groups is 3. The number of aliphatic hydroxyl groups is 1. The number of benzene rings is 1. The molecule has 3 fully saturated rings. The maximum absolute atomic E-state index is 14.0. The Balaban J connectivity index is 1.71. The van der Waals surface area contributed by atoms with Gasteiger partial charge in [-0.3, -0.25) is 14.4 Å². The van der Waals surface area contributed by atoms with E-state index in [1.807, 2.05) is 32.9 Å². The fourth-order valence-corrected chi connectivity index (χ4v) is 6.87. The molecule has 2 amide bonds. The van der Waals surface area contributed by atoms with Crippen molar-refractivity contribution in [1.29, 1.82) is 0 Å². The highest BCUT2D eigenvalue weighted by atomic mass is 35.5. The largest absolute Gasteiger partial charge is 0.466 e. The summed E-state index contributed by atoms with van der Waals surface area (Å²) < 4.78 is 12.0. The number of hydrogen-bond donors (Lipinski definition) is 2. The summed E-state index contributed by atoms with van der Waals surface area (Å²) >= 11 is 6.40. The van der Waals surface area contributed by atoms with Crippen LogP contribution in [-0.2, 0) is 23.9 Å². The van der Waals surface area contributed by atoms with Crippen LogP contribution >= 0.6 is 11.6 Å². The van der Waals surface area contributed by atoms with Gasteiger partial charge in [0.05, 0.1) is 28.8 Å². The summed E-state index contributed by atoms with van der Waals surface area (Å²) in [6.45, 7) is 8.17. The number of para-hydroxylation sites is 1. The number of hydrogen-bond acceptors (Lipinski definition) is 6. The molecule has 3 heterocycles. The highest BCUT2D eigenvalue weighted by Gasteiger charge is 2.80. The van der Waals surface area contributed by atoms with Crippen LogP contribution < -0.4 is 5.32 Å². The van der Waals surface area contributed by atoms with Gasteiger partial charge in [0, 0.05) is 13.2 Å². The van der Waals surface area contributed by atoms with Gasteiger partial charge in [-0.05, 0) is 57.6 Å². The highest BCUT2D eigenvalue weighted by Crippen LogP contribution is 2.65. The van der Waals surface area contributed by atoms with Crippen LogP contribution in [0.2, 0.25) is 5.02 Å². The SMILES string of the molecule is CCOC(=O)[C@@H]1[C@H]2C(=O)N(CCCCCCO)C(C(=O)Nc3c(C)cccc3Cl)C23CC(C)[C@@]1(C)O3. The second-order valence-corrected chi connectivity index (χ2v) is 11.0. The fourth-order valence-electron chi connectivity index (χ4n) is 6.60. The molecule has 0 aromatic heterocycles. The number of nitrogens with zero attached hydrogens (tertiary/aromatic N) is 1. The Kier molecular flexibility index (Phi) is 7.70. The lowest BCUT2D eigenvalue weighted by molar-refractivity contribution is -0.160. The number of nitrogens with one attached hydrogen (secondary N) is 1. The smallest absolute Gasteiger partial charge is 0.312 e. The molecule has 0 saturated carbocycles. The maximum Gasteiger partial charge on any atom is 0.312 e. The van der Waals surface area contributed by atoms with E-state index in [9.17, 15) is 14.4 Å². The number of likely N-dealkylation sites (tertiary alicyclic amines) is 1. The number of amides is 2. The van der Waals surface area contributed by atoms with Gasteiger partial charge in [0.1, 0.15) is 17.6 Å². The number of aryl methyl sites for hydroxylation is 1. The third kappa shape index (κ3) is 4.21. The Morgan fingerprint density at radius 2 is 2.00 bits per heavy atom. The molecule has 198 valence electrons. The molecule has 2 N–H and O–H groups in total. The van der Waals surface area contributed by atoms with Gasteiger partial charge in [-0.1, -0.05) is 43.5 Å². The van der Waals surface area contributed by atoms with Crippen molar-refractivity contribution in [1.82, 2.24) is 4.90 Å². The van der Waals surface area contributed by atoms with E-state index in [-0.39, 0.29) is 30.9 Å². The van der Waals surface area contributed by atoms with Crippen LogP contribution in [-0.4, -0.2) is 64.8 Å². The summed E-state index contributed by atoms with van der Waals surface area (Å²) in [6, 6.07) is 4.49. The number of ether oxygens (including phenoxy) is 2. The van der Waals surface area contributed by atoms with Crippen LogP contribution in [0.25, 0.3) is 0 Å². The zero-order valence-corrected chi connectivity index (χ0v) is 22.3. The van der Waals surface area contributed by atoms with Crippen molar-refractivity contribution in [2.24, 2.45) is 17.8 Å². The van der Waals surface area contributed by atoms with E-state index < -0.39 is 35.0 Å². The predicted molar refractivity (Wildman–Crippen MR) is 135 cm³/mol. The van der Waals surface area contributed by atoms with Crippen molar-refractivity contribution in [2.45, 2.75) is 77.0 Å². The minimum absolute atomic E-state index is 0.0437. The molecule has 0 radical (unpaired) electrons. The van der Waals surface area contributed by atoms with E-state index in [0.29, 0.717) is 36.5 Å². The number of esters is 1. The first-order valence-corrected chi connectivity index (χ1v) is 13.3. The summed E-state index contributed by atoms with van der Waals surface area (Å²) in [5.41, 5.74) is -0.690. The average molecular weight is 521 g/mol. The molecule has 9 heteroatoms. The van der Waals surface area contributed by atoms with Gasteiger partial charge in [0.25, 0.3) is 0 Å². The number of fused-ring (bicyclic) bond motifs is 1. The zero-order valence-electron chi connectivity index (χ0n) is 21.5. The quantitative estimate of drug-likeness (QED) is 0.360. The van der Waals surface area contributed by atoms with Gasteiger partial charge in [-0.2, -0.15) is 0 Å². The number of rotatable bonds is 10. The summed E-state index contributed by atoms with van der Waals surface area (Å²) in [7, 11) is 0. The topological polar surface area (TPSA) is 105 Å². The van der Waals surface area contributed by atoms with Crippen molar-refractivity contribution >= 4 is 35.1 Å². The average Bonchev–Trinajstić information content (AvgIpc) is 3.33. The van der Waals surface area contributed by atoms with E-state index in [0.717, 1.165) is 18.4 Å². The molecule has 3 aliphatic rings. The lowest BCUT2D eigenvalue weighted by Crippen LogP contribution is -2.54. The predicted octanol–water partition coefficient (Wildman–Crippen LogP) is 3.71. The van der Waals surface area contributed by atoms with Gasteiger partial charge in [0.2, 0.25) is 11.8 Å². The molecule has 36 heavy (non-hydrogen) atoms. The van der Waals surface area contributed by atoms with Gasteiger partial charge in [-0.15, -0.1) is 0 Å². The van der Waals surface area contributed by atoms with Gasteiger partial charge in [0.15, 0.2) is 0 Å². The van der Waals surface area contributed by atoms with E-state index in [1.54, 1.807) is 17.9 Å². The number of anilines is 1. The van der Waals surface area contributed by atoms with Crippen LogP contribution in [0, 0.1) is 24.7 Å². The van der Waals surface area contributed by atoms with Gasteiger partial charge < -0.3 is 24.8 Å². The Hall–Kier alpha value is -2.16. The van der Waals surface area contributed by atoms with Gasteiger partial charge >= 0.3 is 5.97 Å². The standard InChI is InChI=1S/C27H37ClN2O6/c1-5-35-25(34)20-19-24(33)30(13-8-6-7-9-14-31)22(27(19)15-17(3)26(20,4)36-27)23(32)29-21-16(2)11-10-12-18(21)28/h10-12,17,19-20,22,31H,5-9,13-15H2,1-4H3,(H,29,32)/t17?,19-,20-,22?,26+,27?/m0/s1. The summed E-state index contributed by atoms with van der Waals surface area (Å²) in [4.78, 5) is 42.7. The summed E-state index contributed by atoms with van der Waals surface area (Å²) in [5, 5.41) is 12.5. The second-order valence-electron chi connectivity index (χ2n) is 10.5. The Morgan fingerprint density at radius 1 is 1.28 bits per heavy atom. The zero-order chi connectivity index (χ0) is 26.3. The molecule has 6 atom stereocenters. The van der Waals surface area contributed by atoms with E-state index in [4.69, 9.17) is 26.2 Å². The van der Waals surface area contributed by atoms with Crippen molar-refractivity contribution in [3.05, 3.63) is 28.8 Å². The van der Waals surface area contributed by atoms with Crippen molar-refractivity contribution < 1.29 is 29.0 Å². The maximum atomic E-state index is 14.0. The normalized spacial score (nSPS) is 32.6. The minimum atomic E-state index is -1.12. The number of aliphatic hydroxyl groups excluding tert-OH is 1. The third-order valence-electron chi connectivity index (χ3n) is 8.38. The molecule has 1 aromatic rings. The highest BCUT2D eigenvalue weighted by molar-refractivity contribution is 6.34. The van der Waals surface area contributed by atoms with Crippen molar-refractivity contribution in [2.75, 3.05) is 25.1 Å². The molecular formula is C27H37ClN2O6. The number of halogens is 1. The number of unbranched alkanes of at least 4 members (excludes halogenated alkanes) is 3. The molecule has 2 bridgehead atoms. The number of carbonyl (C=O) groups excluding carboxylic acids is 3. The van der Waals surface area contributed by atoms with E-state index in [1.165, 1.54) is 0 Å². The molecule has 8 nitrogen and oxygen atoms in total. The molecule has 1 aromatic carbocycles. The molecule has 3 aliphatic heterocycles. The third-order valence-corrected chi connectivity index (χ3v) is 8.70. The molecular weight excluding hydrogens is 484 g/mol. The molecule has 0 aliphatic carbocycles. The molecule has 4 rings (SSSR count). The Bertz CT molecular complexity index is 1010. The first kappa shape index (κ1) is 26.9. The lowest BCUT2D eigenvalue weighted by Gasteiger charge is -2.35.